The third-order valence-corrected chi connectivity index (χ3v) is 4.99. The zero-order valence-electron chi connectivity index (χ0n) is 14.0. The predicted molar refractivity (Wildman–Crippen MR) is 93.2 cm³/mol. The van der Waals surface area contributed by atoms with Crippen molar-refractivity contribution < 1.29 is 4.79 Å². The van der Waals surface area contributed by atoms with Crippen molar-refractivity contribution in [1.29, 1.82) is 0 Å². The molecule has 2 aromatic rings. The summed E-state index contributed by atoms with van der Waals surface area (Å²) in [5, 5.41) is 3.36. The smallest absolute Gasteiger partial charge is 0.232 e. The molecular formula is C19H22N4O. The second kappa shape index (κ2) is 6.32. The highest BCUT2D eigenvalue weighted by Crippen LogP contribution is 2.31. The third kappa shape index (κ3) is 2.80. The Hall–Kier alpha value is -2.27. The molecule has 1 aromatic carbocycles. The number of anilines is 1. The van der Waals surface area contributed by atoms with Crippen LogP contribution in [0, 0.1) is 6.92 Å². The minimum absolute atomic E-state index is 0.139. The first kappa shape index (κ1) is 15.3. The molecule has 1 fully saturated rings. The molecule has 1 atom stereocenters. The van der Waals surface area contributed by atoms with Crippen molar-refractivity contribution >= 4 is 11.7 Å². The average molecular weight is 322 g/mol. The van der Waals surface area contributed by atoms with Gasteiger partial charge in [0.05, 0.1) is 6.42 Å². The maximum Gasteiger partial charge on any atom is 0.232 e. The van der Waals surface area contributed by atoms with E-state index in [-0.39, 0.29) is 5.91 Å². The Morgan fingerprint density at radius 3 is 2.83 bits per heavy atom. The lowest BCUT2D eigenvalue weighted by molar-refractivity contribution is -0.117. The monoisotopic (exact) mass is 322 g/mol. The van der Waals surface area contributed by atoms with E-state index in [1.807, 2.05) is 30.0 Å². The minimum Gasteiger partial charge on any atom is -0.316 e. The summed E-state index contributed by atoms with van der Waals surface area (Å²) in [6.07, 6.45) is 2.34. The van der Waals surface area contributed by atoms with E-state index in [1.165, 1.54) is 5.56 Å². The number of rotatable bonds is 4. The number of aryl methyl sites for hydroxylation is 1. The Morgan fingerprint density at radius 1 is 1.25 bits per heavy atom. The number of nitrogens with one attached hydrogen (secondary N) is 1. The first-order valence-electron chi connectivity index (χ1n) is 8.65. The normalized spacial score (nSPS) is 19.8. The Kier molecular flexibility index (Phi) is 4.02. The second-order valence-electron chi connectivity index (χ2n) is 6.62. The van der Waals surface area contributed by atoms with Gasteiger partial charge in [-0.1, -0.05) is 30.3 Å². The van der Waals surface area contributed by atoms with Gasteiger partial charge in [-0.25, -0.2) is 9.97 Å². The van der Waals surface area contributed by atoms with Gasteiger partial charge in [0, 0.05) is 30.3 Å². The molecule has 0 radical (unpaired) electrons. The van der Waals surface area contributed by atoms with Crippen LogP contribution in [0.5, 0.6) is 0 Å². The van der Waals surface area contributed by atoms with Gasteiger partial charge < -0.3 is 5.32 Å². The van der Waals surface area contributed by atoms with Crippen molar-refractivity contribution in [2.24, 2.45) is 0 Å². The molecule has 124 valence electrons. The molecule has 0 saturated carbocycles. The summed E-state index contributed by atoms with van der Waals surface area (Å²) in [6.45, 7) is 4.62. The molecule has 1 N–H and O–H groups in total. The predicted octanol–water partition coefficient (Wildman–Crippen LogP) is 1.99. The molecule has 1 aromatic heterocycles. The van der Waals surface area contributed by atoms with Crippen LogP contribution in [0.2, 0.25) is 0 Å². The van der Waals surface area contributed by atoms with E-state index < -0.39 is 0 Å². The molecule has 0 aliphatic carbocycles. The number of benzene rings is 1. The summed E-state index contributed by atoms with van der Waals surface area (Å²) in [6, 6.07) is 10.3. The van der Waals surface area contributed by atoms with Crippen molar-refractivity contribution in [3.05, 3.63) is 53.0 Å². The Labute approximate surface area is 142 Å². The zero-order chi connectivity index (χ0) is 16.5. The third-order valence-electron chi connectivity index (χ3n) is 4.99. The van der Waals surface area contributed by atoms with Crippen LogP contribution in [0.25, 0.3) is 0 Å². The maximum absolute atomic E-state index is 12.5. The van der Waals surface area contributed by atoms with Gasteiger partial charge in [-0.15, -0.1) is 0 Å². The van der Waals surface area contributed by atoms with E-state index in [1.54, 1.807) is 0 Å². The minimum atomic E-state index is 0.139. The molecule has 5 heteroatoms. The molecular weight excluding hydrogens is 300 g/mol. The summed E-state index contributed by atoms with van der Waals surface area (Å²) in [5.41, 5.74) is 3.20. The fourth-order valence-electron chi connectivity index (χ4n) is 3.57. The van der Waals surface area contributed by atoms with E-state index in [4.69, 9.17) is 4.98 Å². The van der Waals surface area contributed by atoms with Gasteiger partial charge in [0.1, 0.15) is 11.6 Å². The fourth-order valence-corrected chi connectivity index (χ4v) is 3.57. The lowest BCUT2D eigenvalue weighted by Crippen LogP contribution is -2.30. The van der Waals surface area contributed by atoms with Gasteiger partial charge in [-0.05, 0) is 31.9 Å². The fraction of sp³-hybridized carbons (Fsp3) is 0.421. The Morgan fingerprint density at radius 2 is 2.08 bits per heavy atom. The van der Waals surface area contributed by atoms with Crippen molar-refractivity contribution in [3.63, 3.8) is 0 Å². The summed E-state index contributed by atoms with van der Waals surface area (Å²) >= 11 is 0. The standard InChI is InChI=1S/C19H22N4O/c1-13-16-11-17(24)23(10-8-14-5-3-2-4-6-14)19(16)22-18(21-13)15-7-9-20-12-15/h2-6,15,20H,7-12H2,1H3/t15-/m1/s1. The van der Waals surface area contributed by atoms with E-state index in [0.717, 1.165) is 48.8 Å². The molecule has 1 amide bonds. The number of carbonyl (C=O) groups excluding carboxylic acids is 1. The molecule has 2 aliphatic rings. The highest BCUT2D eigenvalue weighted by Gasteiger charge is 2.32. The number of hydrogen-bond acceptors (Lipinski definition) is 4. The molecule has 0 bridgehead atoms. The van der Waals surface area contributed by atoms with Crippen LogP contribution in [0.1, 0.15) is 35.0 Å². The largest absolute Gasteiger partial charge is 0.316 e. The Bertz CT molecular complexity index is 753. The van der Waals surface area contributed by atoms with E-state index in [2.05, 4.69) is 22.4 Å². The zero-order valence-corrected chi connectivity index (χ0v) is 14.0. The first-order valence-corrected chi connectivity index (χ1v) is 8.65. The first-order chi connectivity index (χ1) is 11.7. The number of amides is 1. The van der Waals surface area contributed by atoms with Crippen molar-refractivity contribution in [3.8, 4) is 0 Å². The topological polar surface area (TPSA) is 58.1 Å². The van der Waals surface area contributed by atoms with Crippen LogP contribution < -0.4 is 10.2 Å². The summed E-state index contributed by atoms with van der Waals surface area (Å²) in [5.74, 6) is 2.22. The van der Waals surface area contributed by atoms with Crippen LogP contribution in [-0.2, 0) is 17.6 Å². The van der Waals surface area contributed by atoms with Crippen LogP contribution in [0.15, 0.2) is 30.3 Å². The molecule has 3 heterocycles. The van der Waals surface area contributed by atoms with Crippen LogP contribution in [0.4, 0.5) is 5.82 Å². The van der Waals surface area contributed by atoms with Gasteiger partial charge >= 0.3 is 0 Å². The summed E-state index contributed by atoms with van der Waals surface area (Å²) in [4.78, 5) is 23.8. The van der Waals surface area contributed by atoms with Gasteiger partial charge in [0.2, 0.25) is 5.91 Å². The summed E-state index contributed by atoms with van der Waals surface area (Å²) < 4.78 is 0. The maximum atomic E-state index is 12.5. The van der Waals surface area contributed by atoms with E-state index in [0.29, 0.717) is 18.9 Å². The lowest BCUT2D eigenvalue weighted by atomic mass is 10.1. The van der Waals surface area contributed by atoms with Crippen molar-refractivity contribution in [2.45, 2.75) is 32.1 Å². The molecule has 5 nitrogen and oxygen atoms in total. The van der Waals surface area contributed by atoms with E-state index in [9.17, 15) is 4.79 Å². The Balaban J connectivity index is 1.60. The number of aromatic nitrogens is 2. The van der Waals surface area contributed by atoms with E-state index >= 15 is 0 Å². The number of carbonyl (C=O) groups is 1. The summed E-state index contributed by atoms with van der Waals surface area (Å²) in [7, 11) is 0. The molecule has 2 aliphatic heterocycles. The lowest BCUT2D eigenvalue weighted by Gasteiger charge is -2.18. The molecule has 0 spiro atoms. The van der Waals surface area contributed by atoms with Crippen LogP contribution in [-0.4, -0.2) is 35.5 Å². The van der Waals surface area contributed by atoms with Gasteiger partial charge in [-0.2, -0.15) is 0 Å². The number of fused-ring (bicyclic) bond motifs is 1. The van der Waals surface area contributed by atoms with Crippen molar-refractivity contribution in [2.75, 3.05) is 24.5 Å². The highest BCUT2D eigenvalue weighted by atomic mass is 16.2. The molecule has 1 saturated heterocycles. The number of nitrogens with zero attached hydrogens (tertiary/aromatic N) is 3. The molecule has 4 rings (SSSR count). The highest BCUT2D eigenvalue weighted by molar-refractivity contribution is 6.00. The molecule has 24 heavy (non-hydrogen) atoms. The van der Waals surface area contributed by atoms with Crippen LogP contribution >= 0.6 is 0 Å². The van der Waals surface area contributed by atoms with Crippen LogP contribution in [0.3, 0.4) is 0 Å². The number of hydrogen-bond donors (Lipinski definition) is 1. The SMILES string of the molecule is Cc1nc([C@@H]2CCNC2)nc2c1CC(=O)N2CCc1ccccc1. The quantitative estimate of drug-likeness (QED) is 0.935. The second-order valence-corrected chi connectivity index (χ2v) is 6.62. The van der Waals surface area contributed by atoms with Gasteiger partial charge in [-0.3, -0.25) is 9.69 Å². The van der Waals surface area contributed by atoms with Gasteiger partial charge in [0.15, 0.2) is 0 Å². The van der Waals surface area contributed by atoms with Crippen molar-refractivity contribution in [1.82, 2.24) is 15.3 Å². The average Bonchev–Trinajstić information content (AvgIpc) is 3.22. The van der Waals surface area contributed by atoms with Gasteiger partial charge in [0.25, 0.3) is 0 Å². The molecule has 0 unspecified atom stereocenters.